The predicted molar refractivity (Wildman–Crippen MR) is 133 cm³/mol. The lowest BCUT2D eigenvalue weighted by Crippen LogP contribution is -2.51. The minimum Gasteiger partial charge on any atom is -0.345 e. The number of hydrogen-bond acceptors (Lipinski definition) is 6. The van der Waals surface area contributed by atoms with E-state index in [1.807, 2.05) is 36.2 Å². The molecule has 1 aliphatic rings. The lowest BCUT2D eigenvalue weighted by molar-refractivity contribution is -0.383. The average Bonchev–Trinajstić information content (AvgIpc) is 2.89. The molecule has 0 bridgehead atoms. The SMILES string of the molecule is CN(c1ccncc1)c1ccc(C(=O)N2CCN(C(=O)Nc3ccc(Cl)cc3[N+](=O)[O-])CC2)cc1. The van der Waals surface area contributed by atoms with Gasteiger partial charge in [-0.2, -0.15) is 0 Å². The van der Waals surface area contributed by atoms with E-state index in [0.29, 0.717) is 31.7 Å². The number of aromatic nitrogens is 1. The molecule has 3 amide bonds. The minimum absolute atomic E-state index is 0.0692. The number of urea groups is 1. The number of pyridine rings is 1. The van der Waals surface area contributed by atoms with Crippen molar-refractivity contribution in [2.75, 3.05) is 43.4 Å². The van der Waals surface area contributed by atoms with E-state index in [0.717, 1.165) is 11.4 Å². The van der Waals surface area contributed by atoms with Crippen LogP contribution in [0.5, 0.6) is 0 Å². The minimum atomic E-state index is -0.599. The molecule has 3 aromatic rings. The summed E-state index contributed by atoms with van der Waals surface area (Å²) in [6.45, 7) is 1.32. The van der Waals surface area contributed by atoms with Gasteiger partial charge in [-0.15, -0.1) is 0 Å². The number of amides is 3. The first-order valence-electron chi connectivity index (χ1n) is 10.9. The third-order valence-corrected chi connectivity index (χ3v) is 6.04. The van der Waals surface area contributed by atoms with E-state index >= 15 is 0 Å². The monoisotopic (exact) mass is 494 g/mol. The van der Waals surface area contributed by atoms with E-state index in [1.54, 1.807) is 29.4 Å². The van der Waals surface area contributed by atoms with Gasteiger partial charge in [-0.25, -0.2) is 4.79 Å². The molecule has 1 aromatic heterocycles. The molecule has 1 aliphatic heterocycles. The molecule has 10 nitrogen and oxygen atoms in total. The summed E-state index contributed by atoms with van der Waals surface area (Å²) in [6, 6.07) is 14.7. The highest BCUT2D eigenvalue weighted by Crippen LogP contribution is 2.28. The van der Waals surface area contributed by atoms with Crippen LogP contribution in [0.3, 0.4) is 0 Å². The van der Waals surface area contributed by atoms with E-state index < -0.39 is 11.0 Å². The molecular formula is C24H23ClN6O4. The van der Waals surface area contributed by atoms with Gasteiger partial charge in [-0.1, -0.05) is 11.6 Å². The van der Waals surface area contributed by atoms with Crippen molar-refractivity contribution in [1.82, 2.24) is 14.8 Å². The van der Waals surface area contributed by atoms with Crippen LogP contribution < -0.4 is 10.2 Å². The standard InChI is InChI=1S/C24H23ClN6O4/c1-28(20-8-10-26-11-9-20)19-5-2-17(3-6-19)23(32)29-12-14-30(15-13-29)24(33)27-21-7-4-18(25)16-22(21)31(34)35/h2-11,16H,12-15H2,1H3,(H,27,33). The first kappa shape index (κ1) is 24.0. The molecule has 0 spiro atoms. The Morgan fingerprint density at radius 3 is 2.20 bits per heavy atom. The zero-order valence-corrected chi connectivity index (χ0v) is 19.7. The van der Waals surface area contributed by atoms with Gasteiger partial charge in [0.15, 0.2) is 0 Å². The number of rotatable bonds is 5. The number of nitro benzene ring substituents is 1. The van der Waals surface area contributed by atoms with Crippen LogP contribution in [0.15, 0.2) is 67.0 Å². The van der Waals surface area contributed by atoms with Crippen molar-refractivity contribution >= 4 is 46.3 Å². The Labute approximate surface area is 206 Å². The molecule has 1 saturated heterocycles. The first-order valence-corrected chi connectivity index (χ1v) is 11.2. The van der Waals surface area contributed by atoms with Gasteiger partial charge >= 0.3 is 6.03 Å². The van der Waals surface area contributed by atoms with Gasteiger partial charge in [0.1, 0.15) is 5.69 Å². The molecule has 2 heterocycles. The van der Waals surface area contributed by atoms with E-state index in [-0.39, 0.29) is 22.3 Å². The van der Waals surface area contributed by atoms with Crippen molar-refractivity contribution in [1.29, 1.82) is 0 Å². The molecule has 4 rings (SSSR count). The van der Waals surface area contributed by atoms with Gasteiger partial charge in [0.2, 0.25) is 0 Å². The molecule has 0 atom stereocenters. The second kappa shape index (κ2) is 10.4. The van der Waals surface area contributed by atoms with E-state index in [1.165, 1.54) is 23.1 Å². The maximum atomic E-state index is 13.0. The number of nitrogens with zero attached hydrogens (tertiary/aromatic N) is 5. The second-order valence-electron chi connectivity index (χ2n) is 7.94. The van der Waals surface area contributed by atoms with Crippen LogP contribution in [0.1, 0.15) is 10.4 Å². The Morgan fingerprint density at radius 2 is 1.57 bits per heavy atom. The lowest BCUT2D eigenvalue weighted by atomic mass is 10.1. The molecule has 1 fully saturated rings. The summed E-state index contributed by atoms with van der Waals surface area (Å²) in [4.78, 5) is 45.5. The molecule has 0 aliphatic carbocycles. The fourth-order valence-corrected chi connectivity index (χ4v) is 3.96. The van der Waals surface area contributed by atoms with Gasteiger partial charge in [0.05, 0.1) is 4.92 Å². The summed E-state index contributed by atoms with van der Waals surface area (Å²) in [6.07, 6.45) is 3.45. The molecule has 35 heavy (non-hydrogen) atoms. The predicted octanol–water partition coefficient (Wildman–Crippen LogP) is 4.40. The van der Waals surface area contributed by atoms with Crippen molar-refractivity contribution < 1.29 is 14.5 Å². The van der Waals surface area contributed by atoms with Gasteiger partial charge < -0.3 is 20.0 Å². The van der Waals surface area contributed by atoms with Crippen LogP contribution in [-0.4, -0.2) is 64.9 Å². The van der Waals surface area contributed by atoms with Crippen LogP contribution >= 0.6 is 11.6 Å². The fraction of sp³-hybridized carbons (Fsp3) is 0.208. The van der Waals surface area contributed by atoms with E-state index in [4.69, 9.17) is 11.6 Å². The summed E-state index contributed by atoms with van der Waals surface area (Å²) in [7, 11) is 1.94. The molecular weight excluding hydrogens is 472 g/mol. The topological polar surface area (TPSA) is 112 Å². The van der Waals surface area contributed by atoms with Crippen LogP contribution in [0.25, 0.3) is 0 Å². The number of anilines is 3. The van der Waals surface area contributed by atoms with Gasteiger partial charge in [-0.3, -0.25) is 19.9 Å². The Balaban J connectivity index is 1.34. The highest BCUT2D eigenvalue weighted by molar-refractivity contribution is 6.31. The number of hydrogen-bond donors (Lipinski definition) is 1. The normalized spacial score (nSPS) is 13.3. The van der Waals surface area contributed by atoms with Crippen LogP contribution in [0, 0.1) is 10.1 Å². The summed E-state index contributed by atoms with van der Waals surface area (Å²) >= 11 is 5.82. The molecule has 0 saturated carbocycles. The Bertz CT molecular complexity index is 1230. The van der Waals surface area contributed by atoms with Gasteiger partial charge in [0.25, 0.3) is 11.6 Å². The summed E-state index contributed by atoms with van der Waals surface area (Å²) < 4.78 is 0. The Morgan fingerprint density at radius 1 is 0.971 bits per heavy atom. The van der Waals surface area contributed by atoms with Crippen LogP contribution in [0.2, 0.25) is 5.02 Å². The van der Waals surface area contributed by atoms with Gasteiger partial charge in [-0.05, 0) is 48.5 Å². The van der Waals surface area contributed by atoms with Crippen LogP contribution in [0.4, 0.5) is 27.5 Å². The quantitative estimate of drug-likeness (QED) is 0.415. The number of nitrogens with one attached hydrogen (secondary N) is 1. The van der Waals surface area contributed by atoms with Crippen molar-refractivity contribution in [3.05, 3.63) is 87.7 Å². The second-order valence-corrected chi connectivity index (χ2v) is 8.38. The first-order chi connectivity index (χ1) is 16.8. The zero-order valence-electron chi connectivity index (χ0n) is 18.9. The molecule has 0 radical (unpaired) electrons. The van der Waals surface area contributed by atoms with Crippen LogP contribution in [-0.2, 0) is 0 Å². The van der Waals surface area contributed by atoms with Crippen molar-refractivity contribution in [2.45, 2.75) is 0 Å². The summed E-state index contributed by atoms with van der Waals surface area (Å²) in [5.74, 6) is -0.114. The number of halogens is 1. The molecule has 11 heteroatoms. The zero-order chi connectivity index (χ0) is 24.9. The van der Waals surface area contributed by atoms with Gasteiger partial charge in [0, 0.05) is 73.6 Å². The van der Waals surface area contributed by atoms with Crippen molar-refractivity contribution in [3.63, 3.8) is 0 Å². The van der Waals surface area contributed by atoms with Crippen molar-refractivity contribution in [2.24, 2.45) is 0 Å². The smallest absolute Gasteiger partial charge is 0.322 e. The van der Waals surface area contributed by atoms with Crippen molar-refractivity contribution in [3.8, 4) is 0 Å². The molecule has 2 aromatic carbocycles. The highest BCUT2D eigenvalue weighted by atomic mass is 35.5. The molecule has 180 valence electrons. The fourth-order valence-electron chi connectivity index (χ4n) is 3.80. The number of piperazine rings is 1. The average molecular weight is 495 g/mol. The maximum absolute atomic E-state index is 13.0. The Hall–Kier alpha value is -4.18. The maximum Gasteiger partial charge on any atom is 0.322 e. The van der Waals surface area contributed by atoms with E-state index in [9.17, 15) is 19.7 Å². The largest absolute Gasteiger partial charge is 0.345 e. The number of carbonyl (C=O) groups is 2. The number of nitro groups is 1. The summed E-state index contributed by atoms with van der Waals surface area (Å²) in [5.41, 5.74) is 2.27. The third kappa shape index (κ3) is 5.49. The molecule has 0 unspecified atom stereocenters. The Kier molecular flexibility index (Phi) is 7.11. The highest BCUT2D eigenvalue weighted by Gasteiger charge is 2.26. The number of carbonyl (C=O) groups excluding carboxylic acids is 2. The summed E-state index contributed by atoms with van der Waals surface area (Å²) in [5, 5.41) is 14.0. The van der Waals surface area contributed by atoms with E-state index in [2.05, 4.69) is 10.3 Å². The lowest BCUT2D eigenvalue weighted by Gasteiger charge is -2.34. The molecule has 1 N–H and O–H groups in total. The third-order valence-electron chi connectivity index (χ3n) is 5.80. The number of benzene rings is 2.